The van der Waals surface area contributed by atoms with Crippen LogP contribution in [0.3, 0.4) is 0 Å². The van der Waals surface area contributed by atoms with Gasteiger partial charge in [0.05, 0.1) is 11.5 Å². The molecule has 2 fully saturated rings. The molecule has 8 heteroatoms. The van der Waals surface area contributed by atoms with Crippen LogP contribution < -0.4 is 15.5 Å². The molecule has 1 aromatic rings. The van der Waals surface area contributed by atoms with Gasteiger partial charge in [-0.15, -0.1) is 0 Å². The lowest BCUT2D eigenvalue weighted by Gasteiger charge is -2.39. The van der Waals surface area contributed by atoms with E-state index in [4.69, 9.17) is 0 Å². The first-order chi connectivity index (χ1) is 10.4. The van der Waals surface area contributed by atoms with E-state index in [0.29, 0.717) is 18.5 Å². The van der Waals surface area contributed by atoms with E-state index < -0.39 is 16.5 Å². The molecule has 2 aliphatic rings. The Bertz CT molecular complexity index is 675. The lowest BCUT2D eigenvalue weighted by atomic mass is 9.89. The number of imide groups is 1. The smallest absolute Gasteiger partial charge is 0.322 e. The highest BCUT2D eigenvalue weighted by molar-refractivity contribution is 6.07. The van der Waals surface area contributed by atoms with Gasteiger partial charge in [0, 0.05) is 23.9 Å². The van der Waals surface area contributed by atoms with Gasteiger partial charge in [0.25, 0.3) is 11.6 Å². The molecule has 1 unspecified atom stereocenters. The number of amides is 3. The van der Waals surface area contributed by atoms with E-state index in [1.54, 1.807) is 19.1 Å². The van der Waals surface area contributed by atoms with Crippen LogP contribution in [-0.4, -0.2) is 35.5 Å². The number of nitrogens with one attached hydrogen (secondary N) is 2. The van der Waals surface area contributed by atoms with Gasteiger partial charge in [0.15, 0.2) is 0 Å². The van der Waals surface area contributed by atoms with Crippen LogP contribution in [0.1, 0.15) is 18.4 Å². The standard InChI is InChI=1S/C14H16N4O4/c1-9-7-10(3-4-11(9)18(21)22)17-6-2-5-14(8-17)12(19)15-13(20)16-14/h3-4,7H,2,5-6,8H2,1H3,(H2,15,16,19,20). The predicted octanol–water partition coefficient (Wildman–Crippen LogP) is 1.08. The molecule has 1 aromatic carbocycles. The van der Waals surface area contributed by atoms with Crippen LogP contribution in [0.4, 0.5) is 16.2 Å². The van der Waals surface area contributed by atoms with Crippen LogP contribution in [0.25, 0.3) is 0 Å². The molecule has 8 nitrogen and oxygen atoms in total. The molecule has 0 radical (unpaired) electrons. The summed E-state index contributed by atoms with van der Waals surface area (Å²) in [5, 5.41) is 15.9. The highest BCUT2D eigenvalue weighted by Gasteiger charge is 2.48. The highest BCUT2D eigenvalue weighted by atomic mass is 16.6. The number of aryl methyl sites for hydroxylation is 1. The summed E-state index contributed by atoms with van der Waals surface area (Å²) >= 11 is 0. The number of hydrogen-bond acceptors (Lipinski definition) is 5. The van der Waals surface area contributed by atoms with E-state index in [0.717, 1.165) is 18.7 Å². The van der Waals surface area contributed by atoms with E-state index in [-0.39, 0.29) is 11.6 Å². The monoisotopic (exact) mass is 304 g/mol. The van der Waals surface area contributed by atoms with Crippen molar-refractivity contribution in [2.75, 3.05) is 18.0 Å². The normalized spacial score (nSPS) is 24.3. The zero-order chi connectivity index (χ0) is 15.9. The van der Waals surface area contributed by atoms with Gasteiger partial charge < -0.3 is 10.2 Å². The Morgan fingerprint density at radius 3 is 2.73 bits per heavy atom. The Hall–Kier alpha value is -2.64. The Kier molecular flexibility index (Phi) is 3.23. The first-order valence-corrected chi connectivity index (χ1v) is 7.05. The molecule has 2 N–H and O–H groups in total. The van der Waals surface area contributed by atoms with Gasteiger partial charge in [-0.1, -0.05) is 0 Å². The van der Waals surface area contributed by atoms with Crippen molar-refractivity contribution >= 4 is 23.3 Å². The van der Waals surface area contributed by atoms with Crippen molar-refractivity contribution in [2.45, 2.75) is 25.3 Å². The van der Waals surface area contributed by atoms with Crippen molar-refractivity contribution < 1.29 is 14.5 Å². The fraction of sp³-hybridized carbons (Fsp3) is 0.429. The van der Waals surface area contributed by atoms with E-state index in [1.165, 1.54) is 6.07 Å². The molecule has 0 saturated carbocycles. The molecule has 3 rings (SSSR count). The number of carbonyl (C=O) groups excluding carboxylic acids is 2. The number of nitro benzene ring substituents is 1. The van der Waals surface area contributed by atoms with E-state index in [1.807, 2.05) is 4.90 Å². The van der Waals surface area contributed by atoms with Gasteiger partial charge in [0.1, 0.15) is 5.54 Å². The SMILES string of the molecule is Cc1cc(N2CCCC3(C2)NC(=O)NC3=O)ccc1[N+](=O)[O-]. The average molecular weight is 304 g/mol. The lowest BCUT2D eigenvalue weighted by Crippen LogP contribution is -2.58. The summed E-state index contributed by atoms with van der Waals surface area (Å²) in [4.78, 5) is 35.9. The molecule has 3 amide bonds. The van der Waals surface area contributed by atoms with Crippen molar-refractivity contribution in [1.29, 1.82) is 0 Å². The first kappa shape index (κ1) is 14.3. The third kappa shape index (κ3) is 2.26. The van der Waals surface area contributed by atoms with Crippen LogP contribution in [0.15, 0.2) is 18.2 Å². The highest BCUT2D eigenvalue weighted by Crippen LogP contribution is 2.30. The Labute approximate surface area is 126 Å². The number of piperidine rings is 1. The minimum Gasteiger partial charge on any atom is -0.369 e. The summed E-state index contributed by atoms with van der Waals surface area (Å²) in [5.41, 5.74) is 0.561. The van der Waals surface area contributed by atoms with E-state index in [9.17, 15) is 19.7 Å². The molecule has 0 bridgehead atoms. The van der Waals surface area contributed by atoms with Gasteiger partial charge in [-0.2, -0.15) is 0 Å². The zero-order valence-electron chi connectivity index (χ0n) is 12.1. The van der Waals surface area contributed by atoms with E-state index in [2.05, 4.69) is 10.6 Å². The molecule has 2 saturated heterocycles. The third-order valence-electron chi connectivity index (χ3n) is 4.25. The maximum absolute atomic E-state index is 12.0. The van der Waals surface area contributed by atoms with Gasteiger partial charge in [-0.05, 0) is 31.9 Å². The van der Waals surface area contributed by atoms with Gasteiger partial charge in [-0.3, -0.25) is 20.2 Å². The number of hydrogen-bond donors (Lipinski definition) is 2. The van der Waals surface area contributed by atoms with Crippen molar-refractivity contribution in [2.24, 2.45) is 0 Å². The number of anilines is 1. The van der Waals surface area contributed by atoms with Crippen LogP contribution in [-0.2, 0) is 4.79 Å². The topological polar surface area (TPSA) is 105 Å². The molecule has 116 valence electrons. The second kappa shape index (κ2) is 4.97. The van der Waals surface area contributed by atoms with Crippen molar-refractivity contribution in [3.63, 3.8) is 0 Å². The summed E-state index contributed by atoms with van der Waals surface area (Å²) in [7, 11) is 0. The molecular weight excluding hydrogens is 288 g/mol. The minimum atomic E-state index is -0.898. The maximum atomic E-state index is 12.0. The Balaban J connectivity index is 1.86. The predicted molar refractivity (Wildman–Crippen MR) is 78.7 cm³/mol. The van der Waals surface area contributed by atoms with Crippen LogP contribution in [0.5, 0.6) is 0 Å². The molecule has 1 spiro atoms. The molecule has 2 heterocycles. The largest absolute Gasteiger partial charge is 0.369 e. The zero-order valence-corrected chi connectivity index (χ0v) is 12.1. The van der Waals surface area contributed by atoms with Crippen LogP contribution >= 0.6 is 0 Å². The molecular formula is C14H16N4O4. The number of rotatable bonds is 2. The molecule has 2 aliphatic heterocycles. The quantitative estimate of drug-likeness (QED) is 0.483. The summed E-state index contributed by atoms with van der Waals surface area (Å²) < 4.78 is 0. The van der Waals surface area contributed by atoms with Gasteiger partial charge in [-0.25, -0.2) is 4.79 Å². The lowest BCUT2D eigenvalue weighted by molar-refractivity contribution is -0.385. The minimum absolute atomic E-state index is 0.0717. The summed E-state index contributed by atoms with van der Waals surface area (Å²) in [6, 6.07) is 4.43. The van der Waals surface area contributed by atoms with Crippen molar-refractivity contribution in [3.05, 3.63) is 33.9 Å². The molecule has 1 atom stereocenters. The van der Waals surface area contributed by atoms with E-state index >= 15 is 0 Å². The van der Waals surface area contributed by atoms with Crippen molar-refractivity contribution in [3.8, 4) is 0 Å². The molecule has 0 aromatic heterocycles. The number of nitro groups is 1. The number of carbonyl (C=O) groups is 2. The maximum Gasteiger partial charge on any atom is 0.322 e. The first-order valence-electron chi connectivity index (χ1n) is 7.05. The fourth-order valence-electron chi connectivity index (χ4n) is 3.13. The number of nitrogens with zero attached hydrogens (tertiary/aromatic N) is 2. The Morgan fingerprint density at radius 1 is 1.36 bits per heavy atom. The van der Waals surface area contributed by atoms with Crippen LogP contribution in [0, 0.1) is 17.0 Å². The van der Waals surface area contributed by atoms with Gasteiger partial charge >= 0.3 is 6.03 Å². The molecule has 0 aliphatic carbocycles. The number of benzene rings is 1. The van der Waals surface area contributed by atoms with Gasteiger partial charge in [0.2, 0.25) is 0 Å². The Morgan fingerprint density at radius 2 is 2.14 bits per heavy atom. The summed E-state index contributed by atoms with van der Waals surface area (Å²) in [6.07, 6.45) is 1.34. The summed E-state index contributed by atoms with van der Waals surface area (Å²) in [6.45, 7) is 2.79. The fourth-order valence-corrected chi connectivity index (χ4v) is 3.13. The average Bonchev–Trinajstić information content (AvgIpc) is 2.72. The van der Waals surface area contributed by atoms with Crippen LogP contribution in [0.2, 0.25) is 0 Å². The third-order valence-corrected chi connectivity index (χ3v) is 4.25. The number of urea groups is 1. The second-order valence-corrected chi connectivity index (χ2v) is 5.74. The second-order valence-electron chi connectivity index (χ2n) is 5.74. The molecule has 22 heavy (non-hydrogen) atoms. The van der Waals surface area contributed by atoms with Crippen molar-refractivity contribution in [1.82, 2.24) is 10.6 Å². The summed E-state index contributed by atoms with van der Waals surface area (Å²) in [5.74, 6) is -0.305.